The minimum atomic E-state index is 0.222. The lowest BCUT2D eigenvalue weighted by Gasteiger charge is -2.14. The maximum absolute atomic E-state index is 11.2. The Kier molecular flexibility index (Phi) is 6.46. The van der Waals surface area contributed by atoms with Crippen molar-refractivity contribution in [3.8, 4) is 39.5 Å². The smallest absolute Gasteiger partial charge is 0.224 e. The zero-order chi connectivity index (χ0) is 25.2. The average Bonchev–Trinajstić information content (AvgIpc) is 2.92. The van der Waals surface area contributed by atoms with Crippen LogP contribution in [0.4, 0.5) is 0 Å². The molecule has 0 spiro atoms. The molecule has 36 heavy (non-hydrogen) atoms. The van der Waals surface area contributed by atoms with Crippen molar-refractivity contribution in [1.29, 1.82) is 0 Å². The molecule has 0 aliphatic rings. The predicted octanol–water partition coefficient (Wildman–Crippen LogP) is 6.97. The minimum Gasteiger partial charge on any atom is -0.480 e. The number of halogens is 2. The van der Waals surface area contributed by atoms with Crippen molar-refractivity contribution < 1.29 is 14.3 Å². The molecule has 0 amide bonds. The lowest BCUT2D eigenvalue weighted by Crippen LogP contribution is -1.96. The molecular weight excluding hydrogens is 497 g/mol. The molecule has 0 N–H and O–H groups in total. The molecule has 0 aliphatic heterocycles. The van der Waals surface area contributed by atoms with Gasteiger partial charge in [0, 0.05) is 45.6 Å². The molecule has 3 aromatic heterocycles. The molecule has 3 heterocycles. The highest BCUT2D eigenvalue weighted by Crippen LogP contribution is 2.42. The number of hydrogen-bond acceptors (Lipinski definition) is 6. The fourth-order valence-corrected chi connectivity index (χ4v) is 4.63. The number of nitrogens with zero attached hydrogens (tertiary/aromatic N) is 3. The molecule has 5 aromatic rings. The van der Waals surface area contributed by atoms with E-state index in [1.807, 2.05) is 42.5 Å². The quantitative estimate of drug-likeness (QED) is 0.228. The Bertz CT molecular complexity index is 1650. The lowest BCUT2D eigenvalue weighted by molar-refractivity contribution is 0.111. The molecule has 5 rings (SSSR count). The van der Waals surface area contributed by atoms with E-state index >= 15 is 0 Å². The van der Waals surface area contributed by atoms with Crippen LogP contribution in [0.1, 0.15) is 20.7 Å². The van der Waals surface area contributed by atoms with Crippen molar-refractivity contribution >= 4 is 46.7 Å². The summed E-state index contributed by atoms with van der Waals surface area (Å²) >= 11 is 13.8. The SMILES string of the molecule is COc1nc(-c2cccc(-c3cccc(-c4cc5ncc(C=O)cc5cn4)c3Cl)c2Cl)ccc1C=O. The van der Waals surface area contributed by atoms with Crippen molar-refractivity contribution in [2.24, 2.45) is 0 Å². The van der Waals surface area contributed by atoms with E-state index in [4.69, 9.17) is 27.9 Å². The molecule has 8 heteroatoms. The summed E-state index contributed by atoms with van der Waals surface area (Å²) < 4.78 is 5.24. The second-order valence-corrected chi connectivity index (χ2v) is 8.65. The van der Waals surface area contributed by atoms with Crippen LogP contribution in [-0.4, -0.2) is 34.6 Å². The first-order valence-electron chi connectivity index (χ1n) is 10.8. The monoisotopic (exact) mass is 513 g/mol. The molecule has 176 valence electrons. The summed E-state index contributed by atoms with van der Waals surface area (Å²) in [6, 6.07) is 18.2. The van der Waals surface area contributed by atoms with Crippen LogP contribution in [0.5, 0.6) is 5.88 Å². The number of benzene rings is 2. The third-order valence-corrected chi connectivity index (χ3v) is 6.59. The van der Waals surface area contributed by atoms with Gasteiger partial charge in [-0.1, -0.05) is 59.6 Å². The predicted molar refractivity (Wildman–Crippen MR) is 141 cm³/mol. The maximum Gasteiger partial charge on any atom is 0.224 e. The number of carbonyl (C=O) groups excluding carboxylic acids is 2. The van der Waals surface area contributed by atoms with E-state index in [0.717, 1.165) is 22.8 Å². The van der Waals surface area contributed by atoms with Gasteiger partial charge >= 0.3 is 0 Å². The van der Waals surface area contributed by atoms with Gasteiger partial charge in [-0.15, -0.1) is 0 Å². The van der Waals surface area contributed by atoms with Crippen LogP contribution in [0.3, 0.4) is 0 Å². The molecule has 6 nitrogen and oxygen atoms in total. The van der Waals surface area contributed by atoms with Crippen LogP contribution in [0.25, 0.3) is 44.5 Å². The van der Waals surface area contributed by atoms with Gasteiger partial charge < -0.3 is 4.74 Å². The molecule has 0 bridgehead atoms. The third-order valence-electron chi connectivity index (χ3n) is 5.77. The number of ether oxygens (including phenoxy) is 1. The van der Waals surface area contributed by atoms with E-state index in [1.165, 1.54) is 13.3 Å². The van der Waals surface area contributed by atoms with Gasteiger partial charge in [0.1, 0.15) is 0 Å². The number of fused-ring (bicyclic) bond motifs is 1. The highest BCUT2D eigenvalue weighted by molar-refractivity contribution is 6.39. The summed E-state index contributed by atoms with van der Waals surface area (Å²) in [7, 11) is 1.46. The van der Waals surface area contributed by atoms with E-state index < -0.39 is 0 Å². The van der Waals surface area contributed by atoms with E-state index in [-0.39, 0.29) is 5.88 Å². The third kappa shape index (κ3) is 4.21. The van der Waals surface area contributed by atoms with E-state index in [1.54, 1.807) is 24.4 Å². The van der Waals surface area contributed by atoms with Crippen LogP contribution in [0.15, 0.2) is 73.1 Å². The van der Waals surface area contributed by atoms with Gasteiger partial charge in [0.05, 0.1) is 39.6 Å². The largest absolute Gasteiger partial charge is 0.480 e. The first-order valence-corrected chi connectivity index (χ1v) is 11.6. The summed E-state index contributed by atoms with van der Waals surface area (Å²) in [5, 5.41) is 1.70. The molecule has 0 radical (unpaired) electrons. The number of aromatic nitrogens is 3. The van der Waals surface area contributed by atoms with Gasteiger partial charge in [0.2, 0.25) is 5.88 Å². The number of aldehydes is 2. The Hall–Kier alpha value is -4.13. The number of hydrogen-bond donors (Lipinski definition) is 0. The van der Waals surface area contributed by atoms with Crippen LogP contribution >= 0.6 is 23.2 Å². The maximum atomic E-state index is 11.2. The normalized spacial score (nSPS) is 10.9. The molecule has 0 atom stereocenters. The van der Waals surface area contributed by atoms with Gasteiger partial charge in [-0.3, -0.25) is 19.6 Å². The van der Waals surface area contributed by atoms with Crippen molar-refractivity contribution in [3.63, 3.8) is 0 Å². The fourth-order valence-electron chi connectivity index (χ4n) is 3.98. The van der Waals surface area contributed by atoms with Crippen LogP contribution < -0.4 is 4.74 Å². The number of pyridine rings is 3. The van der Waals surface area contributed by atoms with E-state index in [9.17, 15) is 9.59 Å². The molecule has 0 fully saturated rings. The Balaban J connectivity index is 1.60. The molecular formula is C28H17Cl2N3O3. The summed E-state index contributed by atoms with van der Waals surface area (Å²) in [6.45, 7) is 0. The van der Waals surface area contributed by atoms with Crippen molar-refractivity contribution in [1.82, 2.24) is 15.0 Å². The summed E-state index contributed by atoms with van der Waals surface area (Å²) in [6.07, 6.45) is 4.63. The highest BCUT2D eigenvalue weighted by atomic mass is 35.5. The summed E-state index contributed by atoms with van der Waals surface area (Å²) in [5.41, 5.74) is 5.57. The lowest BCUT2D eigenvalue weighted by atomic mass is 9.98. The Morgan fingerprint density at radius 2 is 1.42 bits per heavy atom. The standard InChI is InChI=1S/C28H17Cl2N3O3/c1-36-28-17(15-35)8-9-23(33-28)21-6-2-4-19(26(21)29)20-5-3-7-22(27(20)30)25-11-24-18(13-32-25)10-16(14-34)12-31-24/h2-15H,1H3. The Morgan fingerprint density at radius 1 is 0.750 bits per heavy atom. The van der Waals surface area contributed by atoms with Crippen LogP contribution in [0, 0.1) is 0 Å². The average molecular weight is 514 g/mol. The first-order chi connectivity index (χ1) is 17.5. The second kappa shape index (κ2) is 9.85. The Labute approximate surface area is 216 Å². The molecule has 0 saturated heterocycles. The molecule has 2 aromatic carbocycles. The van der Waals surface area contributed by atoms with Crippen molar-refractivity contribution in [3.05, 3.63) is 94.2 Å². The topological polar surface area (TPSA) is 82.0 Å². The van der Waals surface area contributed by atoms with E-state index in [2.05, 4.69) is 15.0 Å². The van der Waals surface area contributed by atoms with Gasteiger partial charge in [-0.05, 0) is 24.3 Å². The summed E-state index contributed by atoms with van der Waals surface area (Å²) in [5.74, 6) is 0.222. The number of carbonyl (C=O) groups is 2. The number of methoxy groups -OCH3 is 1. The Morgan fingerprint density at radius 3 is 2.06 bits per heavy atom. The van der Waals surface area contributed by atoms with Gasteiger partial charge in [-0.25, -0.2) is 4.98 Å². The van der Waals surface area contributed by atoms with Crippen molar-refractivity contribution in [2.75, 3.05) is 7.11 Å². The minimum absolute atomic E-state index is 0.222. The summed E-state index contributed by atoms with van der Waals surface area (Å²) in [4.78, 5) is 35.6. The van der Waals surface area contributed by atoms with Gasteiger partial charge in [-0.2, -0.15) is 0 Å². The van der Waals surface area contributed by atoms with Gasteiger partial charge in [0.15, 0.2) is 12.6 Å². The van der Waals surface area contributed by atoms with Crippen LogP contribution in [0.2, 0.25) is 10.0 Å². The zero-order valence-electron chi connectivity index (χ0n) is 18.9. The number of rotatable bonds is 6. The van der Waals surface area contributed by atoms with Crippen molar-refractivity contribution in [2.45, 2.75) is 0 Å². The molecule has 0 saturated carbocycles. The fraction of sp³-hybridized carbons (Fsp3) is 0.0357. The molecule has 0 unspecified atom stereocenters. The van der Waals surface area contributed by atoms with Gasteiger partial charge in [0.25, 0.3) is 0 Å². The highest BCUT2D eigenvalue weighted by Gasteiger charge is 2.17. The second-order valence-electron chi connectivity index (χ2n) is 7.90. The van der Waals surface area contributed by atoms with E-state index in [0.29, 0.717) is 55.5 Å². The van der Waals surface area contributed by atoms with Crippen LogP contribution in [-0.2, 0) is 0 Å². The first kappa shape index (κ1) is 23.6. The zero-order valence-corrected chi connectivity index (χ0v) is 20.4. The molecule has 0 aliphatic carbocycles.